The van der Waals surface area contributed by atoms with Crippen LogP contribution in [0.5, 0.6) is 0 Å². The highest BCUT2D eigenvalue weighted by atomic mass is 16.7. The lowest BCUT2D eigenvalue weighted by atomic mass is 9.94. The zero-order chi connectivity index (χ0) is 11.8. The van der Waals surface area contributed by atoms with Gasteiger partial charge in [0, 0.05) is 5.57 Å². The van der Waals surface area contributed by atoms with Crippen LogP contribution in [0.3, 0.4) is 0 Å². The SMILES string of the molecule is CC1=C(OC(=O)O)C(C)(C)OC(C)C1=O. The summed E-state index contributed by atoms with van der Waals surface area (Å²) < 4.78 is 9.96. The maximum Gasteiger partial charge on any atom is 0.511 e. The Morgan fingerprint density at radius 1 is 1.53 bits per heavy atom. The maximum absolute atomic E-state index is 11.5. The lowest BCUT2D eigenvalue weighted by Gasteiger charge is -2.35. The monoisotopic (exact) mass is 214 g/mol. The molecule has 1 rings (SSSR count). The first kappa shape index (κ1) is 11.7. The summed E-state index contributed by atoms with van der Waals surface area (Å²) in [6, 6.07) is 0. The molecule has 0 aromatic heterocycles. The zero-order valence-electron chi connectivity index (χ0n) is 9.16. The van der Waals surface area contributed by atoms with Crippen LogP contribution >= 0.6 is 0 Å². The molecule has 0 saturated carbocycles. The summed E-state index contributed by atoms with van der Waals surface area (Å²) in [4.78, 5) is 22.0. The van der Waals surface area contributed by atoms with Gasteiger partial charge in [-0.05, 0) is 27.7 Å². The summed E-state index contributed by atoms with van der Waals surface area (Å²) in [6.45, 7) is 6.50. The van der Waals surface area contributed by atoms with Gasteiger partial charge < -0.3 is 14.6 Å². The Hall–Kier alpha value is -1.36. The second-order valence-corrected chi connectivity index (χ2v) is 3.96. The molecule has 1 heterocycles. The van der Waals surface area contributed by atoms with Gasteiger partial charge in [-0.2, -0.15) is 0 Å². The summed E-state index contributed by atoms with van der Waals surface area (Å²) in [6.07, 6.45) is -2.01. The van der Waals surface area contributed by atoms with Crippen molar-refractivity contribution < 1.29 is 24.2 Å². The van der Waals surface area contributed by atoms with Gasteiger partial charge in [0.15, 0.2) is 5.78 Å². The van der Waals surface area contributed by atoms with Gasteiger partial charge in [0.1, 0.15) is 17.5 Å². The molecule has 0 aliphatic carbocycles. The number of carbonyl (C=O) groups is 2. The van der Waals surface area contributed by atoms with Crippen molar-refractivity contribution in [1.82, 2.24) is 0 Å². The van der Waals surface area contributed by atoms with Crippen molar-refractivity contribution in [2.75, 3.05) is 0 Å². The number of ketones is 1. The Morgan fingerprint density at radius 3 is 2.53 bits per heavy atom. The first-order valence-corrected chi connectivity index (χ1v) is 4.60. The third kappa shape index (κ3) is 2.18. The molecule has 0 saturated heterocycles. The van der Waals surface area contributed by atoms with Gasteiger partial charge in [-0.1, -0.05) is 0 Å². The number of carboxylic acid groups (broad SMARTS) is 1. The van der Waals surface area contributed by atoms with Gasteiger partial charge >= 0.3 is 6.16 Å². The third-order valence-electron chi connectivity index (χ3n) is 2.29. The van der Waals surface area contributed by atoms with Crippen LogP contribution in [0.2, 0.25) is 0 Å². The Kier molecular flexibility index (Phi) is 2.86. The van der Waals surface area contributed by atoms with E-state index in [2.05, 4.69) is 4.74 Å². The Morgan fingerprint density at radius 2 is 2.07 bits per heavy atom. The average molecular weight is 214 g/mol. The number of Topliss-reactive ketones (excluding diaryl/α,β-unsaturated/α-hetero) is 1. The molecule has 0 radical (unpaired) electrons. The van der Waals surface area contributed by atoms with Crippen molar-refractivity contribution in [1.29, 1.82) is 0 Å². The second-order valence-electron chi connectivity index (χ2n) is 3.96. The van der Waals surface area contributed by atoms with E-state index in [4.69, 9.17) is 9.84 Å². The number of ether oxygens (including phenoxy) is 2. The van der Waals surface area contributed by atoms with Crippen LogP contribution in [0.1, 0.15) is 27.7 Å². The largest absolute Gasteiger partial charge is 0.511 e. The van der Waals surface area contributed by atoms with Gasteiger partial charge in [0.2, 0.25) is 0 Å². The molecular weight excluding hydrogens is 200 g/mol. The number of carbonyl (C=O) groups excluding carboxylic acids is 1. The van der Waals surface area contributed by atoms with E-state index in [1.165, 1.54) is 0 Å². The summed E-state index contributed by atoms with van der Waals surface area (Å²) in [7, 11) is 0. The van der Waals surface area contributed by atoms with Crippen LogP contribution < -0.4 is 0 Å². The van der Waals surface area contributed by atoms with Crippen molar-refractivity contribution in [3.63, 3.8) is 0 Å². The number of hydrogen-bond acceptors (Lipinski definition) is 4. The molecule has 15 heavy (non-hydrogen) atoms. The van der Waals surface area contributed by atoms with Crippen molar-refractivity contribution in [2.45, 2.75) is 39.4 Å². The normalized spacial score (nSPS) is 25.3. The average Bonchev–Trinajstić information content (AvgIpc) is 2.08. The van der Waals surface area contributed by atoms with Gasteiger partial charge in [0.05, 0.1) is 0 Å². The number of hydrogen-bond donors (Lipinski definition) is 1. The first-order chi connectivity index (χ1) is 6.75. The van der Waals surface area contributed by atoms with E-state index in [-0.39, 0.29) is 11.5 Å². The fourth-order valence-corrected chi connectivity index (χ4v) is 1.70. The molecule has 5 nitrogen and oxygen atoms in total. The van der Waals surface area contributed by atoms with E-state index >= 15 is 0 Å². The summed E-state index contributed by atoms with van der Waals surface area (Å²) in [5, 5.41) is 8.54. The molecule has 1 unspecified atom stereocenters. The number of rotatable bonds is 1. The van der Waals surface area contributed by atoms with Gasteiger partial charge in [0.25, 0.3) is 0 Å². The van der Waals surface area contributed by atoms with Crippen molar-refractivity contribution in [3.8, 4) is 0 Å². The highest BCUT2D eigenvalue weighted by Gasteiger charge is 2.40. The Balaban J connectivity index is 3.15. The van der Waals surface area contributed by atoms with E-state index < -0.39 is 17.9 Å². The fourth-order valence-electron chi connectivity index (χ4n) is 1.70. The van der Waals surface area contributed by atoms with Crippen molar-refractivity contribution in [2.24, 2.45) is 0 Å². The predicted molar refractivity (Wildman–Crippen MR) is 51.4 cm³/mol. The lowest BCUT2D eigenvalue weighted by Crippen LogP contribution is -2.43. The molecule has 1 atom stereocenters. The molecular formula is C10H14O5. The zero-order valence-corrected chi connectivity index (χ0v) is 9.16. The van der Waals surface area contributed by atoms with E-state index in [9.17, 15) is 9.59 Å². The minimum Gasteiger partial charge on any atom is -0.449 e. The summed E-state index contributed by atoms with van der Waals surface area (Å²) >= 11 is 0. The molecule has 1 aliphatic rings. The second kappa shape index (κ2) is 3.66. The summed E-state index contributed by atoms with van der Waals surface area (Å²) in [5.41, 5.74) is -0.586. The van der Waals surface area contributed by atoms with E-state index in [0.29, 0.717) is 5.57 Å². The molecule has 1 aliphatic heterocycles. The summed E-state index contributed by atoms with van der Waals surface area (Å²) in [5.74, 6) is -0.177. The van der Waals surface area contributed by atoms with E-state index in [0.717, 1.165) is 0 Å². The molecule has 5 heteroatoms. The molecule has 0 bridgehead atoms. The smallest absolute Gasteiger partial charge is 0.449 e. The lowest BCUT2D eigenvalue weighted by molar-refractivity contribution is -0.141. The van der Waals surface area contributed by atoms with E-state index in [1.807, 2.05) is 0 Å². The molecule has 1 N–H and O–H groups in total. The molecule has 0 fully saturated rings. The quantitative estimate of drug-likeness (QED) is 0.673. The van der Waals surface area contributed by atoms with E-state index in [1.54, 1.807) is 27.7 Å². The topological polar surface area (TPSA) is 72.8 Å². The molecule has 0 spiro atoms. The first-order valence-electron chi connectivity index (χ1n) is 4.60. The van der Waals surface area contributed by atoms with Crippen molar-refractivity contribution >= 4 is 11.9 Å². The van der Waals surface area contributed by atoms with Crippen LogP contribution in [0.4, 0.5) is 4.79 Å². The van der Waals surface area contributed by atoms with Gasteiger partial charge in [-0.15, -0.1) is 0 Å². The Labute approximate surface area is 87.7 Å². The van der Waals surface area contributed by atoms with Crippen LogP contribution in [0.15, 0.2) is 11.3 Å². The van der Waals surface area contributed by atoms with Gasteiger partial charge in [-0.3, -0.25) is 4.79 Å². The minimum absolute atomic E-state index is 0.0677. The van der Waals surface area contributed by atoms with Crippen LogP contribution in [-0.4, -0.2) is 28.8 Å². The van der Waals surface area contributed by atoms with Crippen molar-refractivity contribution in [3.05, 3.63) is 11.3 Å². The Bertz CT molecular complexity index is 340. The highest BCUT2D eigenvalue weighted by molar-refractivity contribution is 5.99. The highest BCUT2D eigenvalue weighted by Crippen LogP contribution is 2.32. The fraction of sp³-hybridized carbons (Fsp3) is 0.600. The molecule has 0 aromatic carbocycles. The maximum atomic E-state index is 11.5. The molecule has 0 aromatic rings. The van der Waals surface area contributed by atoms with Crippen LogP contribution in [0, 0.1) is 0 Å². The predicted octanol–water partition coefficient (Wildman–Crippen LogP) is 1.72. The minimum atomic E-state index is -1.44. The standard InChI is InChI=1S/C10H14O5/c1-5-7(11)6(2)15-10(3,4)8(5)14-9(12)13/h6H,1-4H3,(H,12,13). The molecule has 84 valence electrons. The van der Waals surface area contributed by atoms with Crippen LogP contribution in [0.25, 0.3) is 0 Å². The third-order valence-corrected chi connectivity index (χ3v) is 2.29. The van der Waals surface area contributed by atoms with Crippen LogP contribution in [-0.2, 0) is 14.3 Å². The van der Waals surface area contributed by atoms with Gasteiger partial charge in [-0.25, -0.2) is 4.79 Å². The molecule has 0 amide bonds.